The Balaban J connectivity index is 1.64. The van der Waals surface area contributed by atoms with Gasteiger partial charge in [-0.3, -0.25) is 0 Å². The summed E-state index contributed by atoms with van der Waals surface area (Å²) in [6, 6.07) is 14.8. The average molecular weight is 448 g/mol. The number of hydrogen-bond acceptors (Lipinski definition) is 1. The summed E-state index contributed by atoms with van der Waals surface area (Å²) in [5.74, 6) is 0.644. The zero-order chi connectivity index (χ0) is 24.1. The van der Waals surface area contributed by atoms with Gasteiger partial charge in [0.25, 0.3) is 0 Å². The summed E-state index contributed by atoms with van der Waals surface area (Å²) in [5.41, 5.74) is 9.06. The first kappa shape index (κ1) is 23.4. The van der Waals surface area contributed by atoms with E-state index >= 15 is 0 Å². The molecule has 3 aromatic rings. The Labute approximate surface area is 203 Å². The molecule has 0 fully saturated rings. The molecule has 1 aliphatic carbocycles. The molecule has 1 unspecified atom stereocenters. The topological polar surface area (TPSA) is 36.0 Å². The number of aromatic nitrogens is 1. The van der Waals surface area contributed by atoms with Crippen LogP contribution in [0, 0.1) is 19.8 Å². The van der Waals surface area contributed by atoms with E-state index in [9.17, 15) is 5.11 Å². The van der Waals surface area contributed by atoms with E-state index < -0.39 is 0 Å². The molecule has 0 saturated heterocycles. The Bertz CT molecular complexity index is 1370. The fourth-order valence-corrected chi connectivity index (χ4v) is 4.03. The van der Waals surface area contributed by atoms with Crippen molar-refractivity contribution in [2.24, 2.45) is 5.92 Å². The van der Waals surface area contributed by atoms with Gasteiger partial charge in [0, 0.05) is 22.7 Å². The van der Waals surface area contributed by atoms with Crippen molar-refractivity contribution in [1.29, 1.82) is 0 Å². The molecule has 2 heteroatoms. The first-order valence-electron chi connectivity index (χ1n) is 11.9. The predicted molar refractivity (Wildman–Crippen MR) is 147 cm³/mol. The molecular formula is C32H33NO. The molecule has 0 amide bonds. The van der Waals surface area contributed by atoms with E-state index in [0.717, 1.165) is 28.6 Å². The Morgan fingerprint density at radius 3 is 2.68 bits per heavy atom. The van der Waals surface area contributed by atoms with Crippen molar-refractivity contribution < 1.29 is 5.11 Å². The molecule has 4 rings (SSSR count). The van der Waals surface area contributed by atoms with Crippen LogP contribution in [-0.2, 0) is 0 Å². The van der Waals surface area contributed by atoms with Gasteiger partial charge in [-0.15, -0.1) is 0 Å². The molecule has 0 saturated carbocycles. The minimum absolute atomic E-state index is 0.277. The summed E-state index contributed by atoms with van der Waals surface area (Å²) >= 11 is 0. The van der Waals surface area contributed by atoms with Crippen LogP contribution in [0.5, 0.6) is 0 Å². The van der Waals surface area contributed by atoms with E-state index in [1.807, 2.05) is 30.5 Å². The number of allylic oxidation sites excluding steroid dienone is 9. The Kier molecular flexibility index (Phi) is 7.18. The van der Waals surface area contributed by atoms with E-state index in [2.05, 4.69) is 99.5 Å². The van der Waals surface area contributed by atoms with Gasteiger partial charge in [-0.2, -0.15) is 0 Å². The molecule has 1 heterocycles. The van der Waals surface area contributed by atoms with Crippen molar-refractivity contribution in [3.05, 3.63) is 130 Å². The first-order valence-corrected chi connectivity index (χ1v) is 11.9. The van der Waals surface area contributed by atoms with Gasteiger partial charge in [0.2, 0.25) is 0 Å². The van der Waals surface area contributed by atoms with Crippen LogP contribution in [0.25, 0.3) is 22.6 Å². The normalized spacial score (nSPS) is 17.2. The van der Waals surface area contributed by atoms with Crippen LogP contribution in [0.2, 0.25) is 0 Å². The third-order valence-electron chi connectivity index (χ3n) is 6.63. The number of rotatable bonds is 6. The zero-order valence-corrected chi connectivity index (χ0v) is 20.5. The van der Waals surface area contributed by atoms with Gasteiger partial charge in [0.1, 0.15) is 5.76 Å². The third-order valence-corrected chi connectivity index (χ3v) is 6.63. The quantitative estimate of drug-likeness (QED) is 0.287. The van der Waals surface area contributed by atoms with Crippen LogP contribution in [0.4, 0.5) is 0 Å². The van der Waals surface area contributed by atoms with Crippen molar-refractivity contribution in [2.75, 3.05) is 0 Å². The lowest BCUT2D eigenvalue weighted by Gasteiger charge is -2.09. The van der Waals surface area contributed by atoms with Crippen LogP contribution in [0.15, 0.2) is 108 Å². The molecule has 0 aliphatic heterocycles. The highest BCUT2D eigenvalue weighted by Crippen LogP contribution is 2.26. The minimum Gasteiger partial charge on any atom is -0.507 e. The number of aromatic amines is 1. The van der Waals surface area contributed by atoms with Gasteiger partial charge >= 0.3 is 0 Å². The molecule has 1 aromatic heterocycles. The maximum atomic E-state index is 11.0. The second-order valence-corrected chi connectivity index (χ2v) is 9.10. The minimum atomic E-state index is 0.277. The second-order valence-electron chi connectivity index (χ2n) is 9.10. The molecular weight excluding hydrogens is 414 g/mol. The highest BCUT2D eigenvalue weighted by Gasteiger charge is 2.08. The second kappa shape index (κ2) is 10.4. The molecule has 172 valence electrons. The maximum absolute atomic E-state index is 11.0. The van der Waals surface area contributed by atoms with Crippen LogP contribution in [0.1, 0.15) is 42.5 Å². The van der Waals surface area contributed by atoms with E-state index in [0.29, 0.717) is 5.92 Å². The molecule has 0 bridgehead atoms. The number of H-pyrrole nitrogens is 1. The molecule has 0 radical (unpaired) electrons. The highest BCUT2D eigenvalue weighted by atomic mass is 16.3. The van der Waals surface area contributed by atoms with Crippen molar-refractivity contribution in [1.82, 2.24) is 4.98 Å². The number of hydrogen-bond donors (Lipinski definition) is 2. The predicted octanol–water partition coefficient (Wildman–Crippen LogP) is 8.79. The number of aliphatic hydroxyl groups excluding tert-OH is 1. The van der Waals surface area contributed by atoms with Gasteiger partial charge in [-0.1, -0.05) is 91.4 Å². The first-order chi connectivity index (χ1) is 16.4. The van der Waals surface area contributed by atoms with Gasteiger partial charge in [-0.25, -0.2) is 0 Å². The number of aryl methyl sites for hydroxylation is 2. The standard InChI is InChI=1S/C32H33NO/c1-22-13-16-26(17-14-23(22)2)32(34)20-27(28-18-15-24(3)25(4)19-28)9-5-6-10-29-21-33-31-12-8-7-11-30(29)31/h6-22,33-34H,5H2,1-4H3/b10-6+,27-9+,32-20-. The van der Waals surface area contributed by atoms with Crippen molar-refractivity contribution in [3.8, 4) is 0 Å². The number of nitrogens with one attached hydrogen (secondary N) is 1. The Hall–Kier alpha value is -3.78. The van der Waals surface area contributed by atoms with Crippen LogP contribution in [0.3, 0.4) is 0 Å². The molecule has 2 N–H and O–H groups in total. The molecule has 0 spiro atoms. The number of fused-ring (bicyclic) bond motifs is 1. The van der Waals surface area contributed by atoms with Crippen molar-refractivity contribution >= 4 is 22.6 Å². The largest absolute Gasteiger partial charge is 0.507 e. The SMILES string of the molecule is CC1=CC=C(/C(O)=C/C(=C\C/C=C/c2c[nH]c3ccccc23)c2ccc(C)c(C)c2)C=CC1C. The Morgan fingerprint density at radius 1 is 1.03 bits per heavy atom. The summed E-state index contributed by atoms with van der Waals surface area (Å²) < 4.78 is 0. The Morgan fingerprint density at radius 2 is 1.85 bits per heavy atom. The van der Waals surface area contributed by atoms with E-state index in [1.165, 1.54) is 27.6 Å². The number of aliphatic hydroxyl groups is 1. The zero-order valence-electron chi connectivity index (χ0n) is 20.5. The summed E-state index contributed by atoms with van der Waals surface area (Å²) in [6.07, 6.45) is 19.4. The van der Waals surface area contributed by atoms with Gasteiger partial charge in [-0.05, 0) is 73.1 Å². The molecule has 2 aromatic carbocycles. The molecule has 34 heavy (non-hydrogen) atoms. The lowest BCUT2D eigenvalue weighted by Crippen LogP contribution is -1.91. The summed E-state index contributed by atoms with van der Waals surface area (Å²) in [5, 5.41) is 12.2. The van der Waals surface area contributed by atoms with Crippen LogP contribution < -0.4 is 0 Å². The number of para-hydroxylation sites is 1. The monoisotopic (exact) mass is 447 g/mol. The smallest absolute Gasteiger partial charge is 0.123 e. The number of benzene rings is 2. The lowest BCUT2D eigenvalue weighted by atomic mass is 9.98. The molecule has 1 atom stereocenters. The molecule has 2 nitrogen and oxygen atoms in total. The van der Waals surface area contributed by atoms with Crippen LogP contribution in [-0.4, -0.2) is 10.1 Å². The van der Waals surface area contributed by atoms with E-state index in [-0.39, 0.29) is 5.76 Å². The summed E-state index contributed by atoms with van der Waals surface area (Å²) in [7, 11) is 0. The van der Waals surface area contributed by atoms with Crippen molar-refractivity contribution in [2.45, 2.75) is 34.1 Å². The fraction of sp³-hybridized carbons (Fsp3) is 0.188. The van der Waals surface area contributed by atoms with E-state index in [4.69, 9.17) is 0 Å². The summed E-state index contributed by atoms with van der Waals surface area (Å²) in [6.45, 7) is 8.54. The molecule has 1 aliphatic rings. The maximum Gasteiger partial charge on any atom is 0.123 e. The van der Waals surface area contributed by atoms with Gasteiger partial charge < -0.3 is 10.1 Å². The summed E-state index contributed by atoms with van der Waals surface area (Å²) in [4.78, 5) is 3.32. The van der Waals surface area contributed by atoms with Gasteiger partial charge in [0.05, 0.1) is 0 Å². The van der Waals surface area contributed by atoms with Crippen molar-refractivity contribution in [3.63, 3.8) is 0 Å². The highest BCUT2D eigenvalue weighted by molar-refractivity contribution is 5.88. The van der Waals surface area contributed by atoms with Crippen LogP contribution >= 0.6 is 0 Å². The average Bonchev–Trinajstić information content (AvgIpc) is 3.17. The fourth-order valence-electron chi connectivity index (χ4n) is 4.03. The van der Waals surface area contributed by atoms with E-state index in [1.54, 1.807) is 0 Å². The van der Waals surface area contributed by atoms with Gasteiger partial charge in [0.15, 0.2) is 0 Å². The third kappa shape index (κ3) is 5.40. The lowest BCUT2D eigenvalue weighted by molar-refractivity contribution is 0.427.